The Morgan fingerprint density at radius 1 is 1.12 bits per heavy atom. The number of carbonyl (C=O) groups is 1. The standard InChI is InChI=1S/C22H23N7O2S/c1-13-26-29-22(32-13)25-21(30)14-7-9-16(10-8-14)31-17-11-12-23-19-18(17)20(28-27-19)24-15-5-3-2-4-6-15/h7-12,15H,2-6H2,1H3,(H,25,29,30)(H2,23,24,27,28). The molecule has 32 heavy (non-hydrogen) atoms. The van der Waals surface area contributed by atoms with Crippen LogP contribution in [0.4, 0.5) is 10.9 Å². The molecular weight excluding hydrogens is 426 g/mol. The molecule has 0 bridgehead atoms. The van der Waals surface area contributed by atoms with Crippen LogP contribution >= 0.6 is 11.3 Å². The molecule has 1 fully saturated rings. The molecule has 3 N–H and O–H groups in total. The van der Waals surface area contributed by atoms with Crippen LogP contribution < -0.4 is 15.4 Å². The van der Waals surface area contributed by atoms with Crippen molar-refractivity contribution in [1.82, 2.24) is 25.4 Å². The number of aromatic amines is 1. The van der Waals surface area contributed by atoms with Crippen LogP contribution in [-0.4, -0.2) is 37.3 Å². The molecular formula is C22H23N7O2S. The van der Waals surface area contributed by atoms with Gasteiger partial charge in [0.05, 0.1) is 0 Å². The number of rotatable bonds is 6. The number of pyridine rings is 1. The highest BCUT2D eigenvalue weighted by Crippen LogP contribution is 2.34. The number of H-pyrrole nitrogens is 1. The summed E-state index contributed by atoms with van der Waals surface area (Å²) in [6.07, 6.45) is 7.74. The third-order valence-electron chi connectivity index (χ3n) is 5.46. The summed E-state index contributed by atoms with van der Waals surface area (Å²) in [5, 5.41) is 23.6. The van der Waals surface area contributed by atoms with Gasteiger partial charge in [-0.05, 0) is 44.0 Å². The van der Waals surface area contributed by atoms with Crippen LogP contribution in [0.3, 0.4) is 0 Å². The average Bonchev–Trinajstić information content (AvgIpc) is 3.41. The number of aryl methyl sites for hydroxylation is 1. The zero-order valence-electron chi connectivity index (χ0n) is 17.6. The molecule has 3 heterocycles. The van der Waals surface area contributed by atoms with E-state index in [1.165, 1.54) is 30.6 Å². The minimum absolute atomic E-state index is 0.243. The van der Waals surface area contributed by atoms with Gasteiger partial charge in [-0.1, -0.05) is 30.6 Å². The van der Waals surface area contributed by atoms with Crippen LogP contribution in [0.15, 0.2) is 36.5 Å². The van der Waals surface area contributed by atoms with Crippen molar-refractivity contribution in [2.75, 3.05) is 10.6 Å². The minimum atomic E-state index is -0.243. The highest BCUT2D eigenvalue weighted by Gasteiger charge is 2.19. The molecule has 10 heteroatoms. The van der Waals surface area contributed by atoms with Crippen molar-refractivity contribution in [3.8, 4) is 11.5 Å². The minimum Gasteiger partial charge on any atom is -0.456 e. The molecule has 0 aliphatic heterocycles. The first-order valence-electron chi connectivity index (χ1n) is 10.6. The lowest BCUT2D eigenvalue weighted by molar-refractivity contribution is 0.102. The van der Waals surface area contributed by atoms with Crippen molar-refractivity contribution in [2.45, 2.75) is 45.1 Å². The van der Waals surface area contributed by atoms with E-state index in [0.717, 1.165) is 29.1 Å². The van der Waals surface area contributed by atoms with Crippen LogP contribution in [0.1, 0.15) is 47.5 Å². The van der Waals surface area contributed by atoms with Crippen LogP contribution in [0, 0.1) is 6.92 Å². The predicted molar refractivity (Wildman–Crippen MR) is 123 cm³/mol. The second kappa shape index (κ2) is 8.91. The van der Waals surface area contributed by atoms with Crippen molar-refractivity contribution >= 4 is 39.2 Å². The molecule has 0 spiro atoms. The quantitative estimate of drug-likeness (QED) is 0.383. The summed E-state index contributed by atoms with van der Waals surface area (Å²) < 4.78 is 6.14. The van der Waals surface area contributed by atoms with Gasteiger partial charge in [-0.15, -0.1) is 10.2 Å². The van der Waals surface area contributed by atoms with E-state index in [4.69, 9.17) is 4.74 Å². The number of ether oxygens (including phenoxy) is 1. The van der Waals surface area contributed by atoms with Gasteiger partial charge in [0.1, 0.15) is 21.9 Å². The van der Waals surface area contributed by atoms with Crippen molar-refractivity contribution in [1.29, 1.82) is 0 Å². The molecule has 1 aliphatic carbocycles. The van der Waals surface area contributed by atoms with Gasteiger partial charge in [0.15, 0.2) is 11.5 Å². The van der Waals surface area contributed by atoms with Gasteiger partial charge in [-0.25, -0.2) is 4.98 Å². The molecule has 0 radical (unpaired) electrons. The van der Waals surface area contributed by atoms with E-state index in [2.05, 4.69) is 36.0 Å². The van der Waals surface area contributed by atoms with Gasteiger partial charge in [0.25, 0.3) is 5.91 Å². The smallest absolute Gasteiger partial charge is 0.257 e. The Kier molecular flexibility index (Phi) is 5.68. The summed E-state index contributed by atoms with van der Waals surface area (Å²) in [7, 11) is 0. The van der Waals surface area contributed by atoms with Gasteiger partial charge in [0, 0.05) is 23.9 Å². The maximum Gasteiger partial charge on any atom is 0.257 e. The molecule has 1 saturated carbocycles. The summed E-state index contributed by atoms with van der Waals surface area (Å²) in [5.41, 5.74) is 1.18. The number of aromatic nitrogens is 5. The van der Waals surface area contributed by atoms with Gasteiger partial charge >= 0.3 is 0 Å². The van der Waals surface area contributed by atoms with Crippen molar-refractivity contribution in [3.63, 3.8) is 0 Å². The molecule has 5 rings (SSSR count). The van der Waals surface area contributed by atoms with E-state index in [9.17, 15) is 4.79 Å². The SMILES string of the molecule is Cc1nnc(NC(=O)c2ccc(Oc3ccnc4[nH]nc(NC5CCCCC5)c34)cc2)s1. The zero-order chi connectivity index (χ0) is 21.9. The van der Waals surface area contributed by atoms with E-state index in [1.54, 1.807) is 30.5 Å². The lowest BCUT2D eigenvalue weighted by Crippen LogP contribution is -2.22. The maximum atomic E-state index is 12.4. The largest absolute Gasteiger partial charge is 0.456 e. The zero-order valence-corrected chi connectivity index (χ0v) is 18.4. The Morgan fingerprint density at radius 3 is 2.69 bits per heavy atom. The monoisotopic (exact) mass is 449 g/mol. The summed E-state index contributed by atoms with van der Waals surface area (Å²) in [6.45, 7) is 1.84. The Balaban J connectivity index is 1.32. The maximum absolute atomic E-state index is 12.4. The summed E-state index contributed by atoms with van der Waals surface area (Å²) in [4.78, 5) is 16.8. The third kappa shape index (κ3) is 4.40. The first kappa shape index (κ1) is 20.4. The van der Waals surface area contributed by atoms with Crippen LogP contribution in [0.5, 0.6) is 11.5 Å². The molecule has 1 aromatic carbocycles. The van der Waals surface area contributed by atoms with Gasteiger partial charge in [0.2, 0.25) is 5.13 Å². The number of amides is 1. The predicted octanol–water partition coefficient (Wildman–Crippen LogP) is 4.91. The summed E-state index contributed by atoms with van der Waals surface area (Å²) >= 11 is 1.33. The van der Waals surface area contributed by atoms with Crippen molar-refractivity contribution in [2.24, 2.45) is 0 Å². The second-order valence-corrected chi connectivity index (χ2v) is 8.97. The molecule has 9 nitrogen and oxygen atoms in total. The Bertz CT molecular complexity index is 1230. The molecule has 0 unspecified atom stereocenters. The Morgan fingerprint density at radius 2 is 1.94 bits per heavy atom. The number of nitrogens with one attached hydrogen (secondary N) is 3. The second-order valence-electron chi connectivity index (χ2n) is 7.79. The molecule has 1 amide bonds. The normalized spacial score (nSPS) is 14.4. The van der Waals surface area contributed by atoms with Gasteiger partial charge in [-0.2, -0.15) is 5.10 Å². The Labute approximate surface area is 188 Å². The van der Waals surface area contributed by atoms with Crippen LogP contribution in [0.2, 0.25) is 0 Å². The molecule has 0 saturated heterocycles. The van der Waals surface area contributed by atoms with Gasteiger partial charge in [-0.3, -0.25) is 15.2 Å². The third-order valence-corrected chi connectivity index (χ3v) is 6.21. The van der Waals surface area contributed by atoms with Crippen LogP contribution in [0.25, 0.3) is 11.0 Å². The molecule has 164 valence electrons. The summed E-state index contributed by atoms with van der Waals surface area (Å²) in [6, 6.07) is 9.20. The number of hydrogen-bond acceptors (Lipinski definition) is 8. The lowest BCUT2D eigenvalue weighted by atomic mass is 9.95. The fraction of sp³-hybridized carbons (Fsp3) is 0.318. The molecule has 0 atom stereocenters. The molecule has 3 aromatic heterocycles. The Hall–Kier alpha value is -3.53. The number of carbonyl (C=O) groups excluding carboxylic acids is 1. The van der Waals surface area contributed by atoms with Crippen molar-refractivity contribution in [3.05, 3.63) is 47.1 Å². The fourth-order valence-corrected chi connectivity index (χ4v) is 4.46. The average molecular weight is 450 g/mol. The number of hydrogen-bond donors (Lipinski definition) is 3. The van der Waals surface area contributed by atoms with Crippen LogP contribution in [-0.2, 0) is 0 Å². The fourth-order valence-electron chi connectivity index (χ4n) is 3.87. The number of anilines is 2. The number of benzene rings is 1. The number of fused-ring (bicyclic) bond motifs is 1. The van der Waals surface area contributed by atoms with Crippen molar-refractivity contribution < 1.29 is 9.53 Å². The lowest BCUT2D eigenvalue weighted by Gasteiger charge is -2.22. The van der Waals surface area contributed by atoms with E-state index < -0.39 is 0 Å². The summed E-state index contributed by atoms with van der Waals surface area (Å²) in [5.74, 6) is 1.79. The molecule has 4 aromatic rings. The highest BCUT2D eigenvalue weighted by molar-refractivity contribution is 7.15. The first-order valence-corrected chi connectivity index (χ1v) is 11.5. The topological polar surface area (TPSA) is 118 Å². The van der Waals surface area contributed by atoms with Gasteiger partial charge < -0.3 is 10.1 Å². The number of nitrogens with zero attached hydrogens (tertiary/aromatic N) is 4. The molecule has 1 aliphatic rings. The van der Waals surface area contributed by atoms with E-state index in [-0.39, 0.29) is 5.91 Å². The first-order chi connectivity index (χ1) is 15.7. The van der Waals surface area contributed by atoms with E-state index >= 15 is 0 Å². The van der Waals surface area contributed by atoms with E-state index in [0.29, 0.717) is 33.9 Å². The highest BCUT2D eigenvalue weighted by atomic mass is 32.1. The van der Waals surface area contributed by atoms with E-state index in [1.807, 2.05) is 13.0 Å².